The molecule has 0 amide bonds. The van der Waals surface area contributed by atoms with Crippen molar-refractivity contribution in [3.63, 3.8) is 0 Å². The van der Waals surface area contributed by atoms with Gasteiger partial charge in [-0.25, -0.2) is 4.52 Å². The Morgan fingerprint density at radius 2 is 2.24 bits per heavy atom. The van der Waals surface area contributed by atoms with E-state index in [4.69, 9.17) is 4.74 Å². The summed E-state index contributed by atoms with van der Waals surface area (Å²) >= 11 is 0. The van der Waals surface area contributed by atoms with Crippen molar-refractivity contribution in [2.45, 2.75) is 20.3 Å². The average Bonchev–Trinajstić information content (AvgIpc) is 2.70. The first-order chi connectivity index (χ1) is 8.10. The van der Waals surface area contributed by atoms with Gasteiger partial charge in [-0.3, -0.25) is 10.1 Å². The summed E-state index contributed by atoms with van der Waals surface area (Å²) in [6, 6.07) is 3.78. The van der Waals surface area contributed by atoms with Crippen molar-refractivity contribution < 1.29 is 9.66 Å². The molecular weight excluding hydrogens is 222 g/mol. The van der Waals surface area contributed by atoms with Gasteiger partial charge in [0.2, 0.25) is 0 Å². The van der Waals surface area contributed by atoms with Crippen LogP contribution in [0.15, 0.2) is 12.1 Å². The number of aryl methyl sites for hydroxylation is 2. The van der Waals surface area contributed by atoms with Gasteiger partial charge in [-0.05, 0) is 25.0 Å². The number of rotatable bonds is 3. The summed E-state index contributed by atoms with van der Waals surface area (Å²) in [6.45, 7) is 3.80. The topological polar surface area (TPSA) is 69.7 Å². The van der Waals surface area contributed by atoms with E-state index in [1.807, 2.05) is 26.0 Å². The molecule has 0 saturated heterocycles. The van der Waals surface area contributed by atoms with Gasteiger partial charge in [0.15, 0.2) is 5.52 Å². The molecule has 0 aromatic carbocycles. The van der Waals surface area contributed by atoms with Crippen LogP contribution in [0.3, 0.4) is 0 Å². The molecule has 90 valence electrons. The van der Waals surface area contributed by atoms with Gasteiger partial charge in [-0.2, -0.15) is 0 Å². The molecule has 6 heteroatoms. The van der Waals surface area contributed by atoms with E-state index in [9.17, 15) is 10.1 Å². The maximum atomic E-state index is 11.1. The minimum Gasteiger partial charge on any atom is -0.475 e. The molecule has 0 unspecified atom stereocenters. The number of hydrogen-bond donors (Lipinski definition) is 0. The molecule has 6 nitrogen and oxygen atoms in total. The predicted octanol–water partition coefficient (Wildman–Crippen LogP) is 2.12. The Bertz CT molecular complexity index is 589. The van der Waals surface area contributed by atoms with Crippen LogP contribution in [0.4, 0.5) is 5.69 Å². The van der Waals surface area contributed by atoms with Crippen LogP contribution in [0.2, 0.25) is 0 Å². The molecule has 0 fully saturated rings. The summed E-state index contributed by atoms with van der Waals surface area (Å²) < 4.78 is 6.54. The molecule has 0 radical (unpaired) electrons. The Balaban J connectivity index is 2.92. The van der Waals surface area contributed by atoms with Crippen LogP contribution in [-0.4, -0.2) is 21.6 Å². The van der Waals surface area contributed by atoms with Crippen LogP contribution in [0.25, 0.3) is 5.52 Å². The third-order valence-corrected chi connectivity index (χ3v) is 2.75. The standard InChI is InChI=1S/C11H13N3O3/c1-4-8-6-5-7(2)13-9(8)10(14(15)16)11(12-13)17-3/h5-6H,4H2,1-3H3. The first-order valence-electron chi connectivity index (χ1n) is 5.29. The lowest BCUT2D eigenvalue weighted by atomic mass is 10.1. The second kappa shape index (κ2) is 4.04. The Morgan fingerprint density at radius 1 is 1.53 bits per heavy atom. The molecule has 17 heavy (non-hydrogen) atoms. The van der Waals surface area contributed by atoms with E-state index >= 15 is 0 Å². The van der Waals surface area contributed by atoms with Gasteiger partial charge in [0.1, 0.15) is 0 Å². The molecular formula is C11H13N3O3. The molecule has 2 rings (SSSR count). The fourth-order valence-electron chi connectivity index (χ4n) is 1.89. The molecule has 0 bridgehead atoms. The van der Waals surface area contributed by atoms with Crippen LogP contribution in [-0.2, 0) is 6.42 Å². The van der Waals surface area contributed by atoms with E-state index in [0.717, 1.165) is 11.3 Å². The fraction of sp³-hybridized carbons (Fsp3) is 0.364. The van der Waals surface area contributed by atoms with Crippen molar-refractivity contribution in [2.24, 2.45) is 0 Å². The molecule has 0 spiro atoms. The molecule has 0 aliphatic carbocycles. The highest BCUT2D eigenvalue weighted by molar-refractivity contribution is 5.74. The smallest absolute Gasteiger partial charge is 0.358 e. The largest absolute Gasteiger partial charge is 0.475 e. The maximum Gasteiger partial charge on any atom is 0.358 e. The summed E-state index contributed by atoms with van der Waals surface area (Å²) in [5.41, 5.74) is 2.18. The van der Waals surface area contributed by atoms with E-state index in [1.165, 1.54) is 7.11 Å². The zero-order chi connectivity index (χ0) is 12.6. The first-order valence-corrected chi connectivity index (χ1v) is 5.29. The molecule has 0 N–H and O–H groups in total. The first kappa shape index (κ1) is 11.4. The van der Waals surface area contributed by atoms with Crippen LogP contribution in [0.5, 0.6) is 5.88 Å². The Labute approximate surface area is 98.0 Å². The molecule has 2 heterocycles. The monoisotopic (exact) mass is 235 g/mol. The van der Waals surface area contributed by atoms with Crippen molar-refractivity contribution in [1.82, 2.24) is 9.61 Å². The Hall–Kier alpha value is -2.11. The minimum absolute atomic E-state index is 0.0546. The number of fused-ring (bicyclic) bond motifs is 1. The average molecular weight is 235 g/mol. The number of hydrogen-bond acceptors (Lipinski definition) is 4. The van der Waals surface area contributed by atoms with E-state index in [2.05, 4.69) is 5.10 Å². The molecule has 0 aliphatic rings. The number of pyridine rings is 1. The summed E-state index contributed by atoms with van der Waals surface area (Å²) in [6.07, 6.45) is 0.708. The normalized spacial score (nSPS) is 10.8. The van der Waals surface area contributed by atoms with Gasteiger partial charge in [-0.15, -0.1) is 5.10 Å². The Morgan fingerprint density at radius 3 is 2.76 bits per heavy atom. The zero-order valence-electron chi connectivity index (χ0n) is 9.93. The number of nitrogens with zero attached hydrogens (tertiary/aromatic N) is 3. The highest BCUT2D eigenvalue weighted by Gasteiger charge is 2.26. The van der Waals surface area contributed by atoms with Crippen molar-refractivity contribution in [3.05, 3.63) is 33.5 Å². The predicted molar refractivity (Wildman–Crippen MR) is 62.5 cm³/mol. The number of nitro groups is 1. The number of aromatic nitrogens is 2. The highest BCUT2D eigenvalue weighted by Crippen LogP contribution is 2.33. The maximum absolute atomic E-state index is 11.1. The van der Waals surface area contributed by atoms with Crippen LogP contribution < -0.4 is 4.74 Å². The van der Waals surface area contributed by atoms with Crippen LogP contribution >= 0.6 is 0 Å². The van der Waals surface area contributed by atoms with E-state index in [1.54, 1.807) is 4.52 Å². The second-order valence-corrected chi connectivity index (χ2v) is 3.73. The van der Waals surface area contributed by atoms with Crippen molar-refractivity contribution in [2.75, 3.05) is 7.11 Å². The lowest BCUT2D eigenvalue weighted by Crippen LogP contribution is -1.97. The van der Waals surface area contributed by atoms with Crippen LogP contribution in [0.1, 0.15) is 18.2 Å². The quantitative estimate of drug-likeness (QED) is 0.603. The van der Waals surface area contributed by atoms with Crippen molar-refractivity contribution in [3.8, 4) is 5.88 Å². The molecule has 2 aromatic heterocycles. The SMILES string of the molecule is CCc1ccc(C)n2nc(OC)c([N+](=O)[O-])c12. The van der Waals surface area contributed by atoms with Gasteiger partial charge in [0.25, 0.3) is 0 Å². The van der Waals surface area contributed by atoms with Crippen molar-refractivity contribution >= 4 is 11.2 Å². The zero-order valence-corrected chi connectivity index (χ0v) is 9.93. The molecule has 0 aliphatic heterocycles. The number of methoxy groups -OCH3 is 1. The second-order valence-electron chi connectivity index (χ2n) is 3.73. The van der Waals surface area contributed by atoms with E-state index < -0.39 is 4.92 Å². The summed E-state index contributed by atoms with van der Waals surface area (Å²) in [5.74, 6) is 0.0546. The molecule has 0 atom stereocenters. The van der Waals surface area contributed by atoms with Gasteiger partial charge < -0.3 is 4.74 Å². The van der Waals surface area contributed by atoms with E-state index in [0.29, 0.717) is 11.9 Å². The lowest BCUT2D eigenvalue weighted by Gasteiger charge is -2.02. The molecule has 2 aromatic rings. The fourth-order valence-corrected chi connectivity index (χ4v) is 1.89. The minimum atomic E-state index is -0.445. The summed E-state index contributed by atoms with van der Waals surface area (Å²) in [4.78, 5) is 10.7. The lowest BCUT2D eigenvalue weighted by molar-refractivity contribution is -0.384. The third kappa shape index (κ3) is 1.61. The number of ether oxygens (including phenoxy) is 1. The highest BCUT2D eigenvalue weighted by atomic mass is 16.6. The van der Waals surface area contributed by atoms with Gasteiger partial charge in [0, 0.05) is 5.69 Å². The summed E-state index contributed by atoms with van der Waals surface area (Å²) in [7, 11) is 1.38. The summed E-state index contributed by atoms with van der Waals surface area (Å²) in [5, 5.41) is 15.2. The van der Waals surface area contributed by atoms with Crippen molar-refractivity contribution in [1.29, 1.82) is 0 Å². The third-order valence-electron chi connectivity index (χ3n) is 2.75. The molecule has 0 saturated carbocycles. The van der Waals surface area contributed by atoms with Gasteiger partial charge >= 0.3 is 11.6 Å². The van der Waals surface area contributed by atoms with Gasteiger partial charge in [-0.1, -0.05) is 13.0 Å². The van der Waals surface area contributed by atoms with Crippen LogP contribution in [0, 0.1) is 17.0 Å². The Kier molecular flexibility index (Phi) is 2.71. The van der Waals surface area contributed by atoms with Gasteiger partial charge in [0.05, 0.1) is 12.0 Å². The van der Waals surface area contributed by atoms with E-state index in [-0.39, 0.29) is 11.6 Å².